The lowest BCUT2D eigenvalue weighted by molar-refractivity contribution is -0.137. The van der Waals surface area contributed by atoms with Crippen molar-refractivity contribution in [2.75, 3.05) is 0 Å². The van der Waals surface area contributed by atoms with E-state index in [1.54, 1.807) is 12.1 Å². The van der Waals surface area contributed by atoms with Gasteiger partial charge in [-0.15, -0.1) is 0 Å². The number of benzene rings is 2. The van der Waals surface area contributed by atoms with Crippen molar-refractivity contribution in [1.29, 1.82) is 5.26 Å². The number of hydrogen-bond donors (Lipinski definition) is 1. The molecule has 0 bridgehead atoms. The number of aromatic nitrogens is 3. The number of pyridine rings is 1. The van der Waals surface area contributed by atoms with E-state index in [9.17, 15) is 14.9 Å². The Hall–Kier alpha value is -4.18. The van der Waals surface area contributed by atoms with Crippen LogP contribution in [0.25, 0.3) is 22.2 Å². The van der Waals surface area contributed by atoms with Crippen molar-refractivity contribution >= 4 is 17.0 Å². The largest absolute Gasteiger partial charge is 0.480 e. The average molecular weight is 412 g/mol. The first-order valence-electron chi connectivity index (χ1n) is 9.90. The minimum absolute atomic E-state index is 0.369. The summed E-state index contributed by atoms with van der Waals surface area (Å²) >= 11 is 0. The lowest BCUT2D eigenvalue weighted by Crippen LogP contribution is -2.25. The van der Waals surface area contributed by atoms with Crippen LogP contribution in [0.2, 0.25) is 0 Å². The highest BCUT2D eigenvalue weighted by Gasteiger charge is 2.16. The van der Waals surface area contributed by atoms with Gasteiger partial charge in [0.05, 0.1) is 17.1 Å². The second kappa shape index (κ2) is 8.28. The van der Waals surface area contributed by atoms with Gasteiger partial charge in [0.15, 0.2) is 0 Å². The molecular formula is C24H20N4O3. The van der Waals surface area contributed by atoms with Crippen molar-refractivity contribution in [1.82, 2.24) is 14.1 Å². The molecule has 0 fully saturated rings. The van der Waals surface area contributed by atoms with Crippen LogP contribution in [0.4, 0.5) is 0 Å². The highest BCUT2D eigenvalue weighted by Crippen LogP contribution is 2.24. The Morgan fingerprint density at radius 1 is 1.13 bits per heavy atom. The molecule has 0 saturated heterocycles. The molecule has 0 unspecified atom stereocenters. The molecule has 2 aromatic heterocycles. The third-order valence-electron chi connectivity index (χ3n) is 5.22. The molecular weight excluding hydrogens is 392 g/mol. The summed E-state index contributed by atoms with van der Waals surface area (Å²) in [5.74, 6) is -0.310. The Morgan fingerprint density at radius 2 is 1.87 bits per heavy atom. The van der Waals surface area contributed by atoms with Crippen LogP contribution in [0.1, 0.15) is 23.9 Å². The van der Waals surface area contributed by atoms with Gasteiger partial charge in [0.1, 0.15) is 17.9 Å². The fourth-order valence-corrected chi connectivity index (χ4v) is 3.74. The Bertz CT molecular complexity index is 1370. The summed E-state index contributed by atoms with van der Waals surface area (Å²) in [6, 6.07) is 19.2. The van der Waals surface area contributed by atoms with E-state index in [2.05, 4.69) is 11.1 Å². The van der Waals surface area contributed by atoms with E-state index >= 15 is 0 Å². The van der Waals surface area contributed by atoms with Gasteiger partial charge in [-0.25, -0.2) is 4.98 Å². The maximum atomic E-state index is 12.9. The topological polar surface area (TPSA) is 101 Å². The molecule has 7 heteroatoms. The highest BCUT2D eigenvalue weighted by atomic mass is 16.4. The standard InChI is InChI=1S/C24H20N4O3/c1-2-21-26-20-11-12-27(15-22(29)30)24(31)23(20)28(21)14-16-7-9-17(10-8-16)19-6-4-3-5-18(19)13-25/h3-12H,2,14-15H2,1H3,(H,29,30). The second-order valence-electron chi connectivity index (χ2n) is 7.20. The van der Waals surface area contributed by atoms with Crippen LogP contribution in [0.3, 0.4) is 0 Å². The van der Waals surface area contributed by atoms with Gasteiger partial charge in [0, 0.05) is 19.2 Å². The van der Waals surface area contributed by atoms with Crippen molar-refractivity contribution in [3.63, 3.8) is 0 Å². The molecule has 7 nitrogen and oxygen atoms in total. The Labute approximate surface area is 178 Å². The maximum Gasteiger partial charge on any atom is 0.323 e. The molecule has 154 valence electrons. The number of nitrogens with zero attached hydrogens (tertiary/aromatic N) is 4. The number of aliphatic carboxylic acids is 1. The first-order chi connectivity index (χ1) is 15.0. The minimum Gasteiger partial charge on any atom is -0.480 e. The van der Waals surface area contributed by atoms with Gasteiger partial charge in [-0.1, -0.05) is 49.4 Å². The van der Waals surface area contributed by atoms with Gasteiger partial charge in [0.2, 0.25) is 0 Å². The summed E-state index contributed by atoms with van der Waals surface area (Å²) in [7, 11) is 0. The van der Waals surface area contributed by atoms with Crippen molar-refractivity contribution in [3.05, 3.63) is 88.1 Å². The first-order valence-corrected chi connectivity index (χ1v) is 9.90. The molecule has 4 aromatic rings. The predicted molar refractivity (Wildman–Crippen MR) is 117 cm³/mol. The average Bonchev–Trinajstić information content (AvgIpc) is 3.14. The summed E-state index contributed by atoms with van der Waals surface area (Å²) in [6.07, 6.45) is 2.11. The molecule has 2 aromatic carbocycles. The number of carboxylic acid groups (broad SMARTS) is 1. The van der Waals surface area contributed by atoms with Crippen molar-refractivity contribution in [2.24, 2.45) is 0 Å². The van der Waals surface area contributed by atoms with E-state index in [4.69, 9.17) is 5.11 Å². The molecule has 31 heavy (non-hydrogen) atoms. The van der Waals surface area contributed by atoms with E-state index in [-0.39, 0.29) is 5.56 Å². The summed E-state index contributed by atoms with van der Waals surface area (Å²) < 4.78 is 3.04. The van der Waals surface area contributed by atoms with E-state index in [0.29, 0.717) is 29.6 Å². The number of aryl methyl sites for hydroxylation is 1. The highest BCUT2D eigenvalue weighted by molar-refractivity contribution is 5.76. The fourth-order valence-electron chi connectivity index (χ4n) is 3.74. The molecule has 1 N–H and O–H groups in total. The van der Waals surface area contributed by atoms with Crippen LogP contribution < -0.4 is 5.56 Å². The summed E-state index contributed by atoms with van der Waals surface area (Å²) in [5, 5.41) is 18.4. The zero-order valence-corrected chi connectivity index (χ0v) is 16.9. The molecule has 0 aliphatic rings. The van der Waals surface area contributed by atoms with E-state index in [0.717, 1.165) is 22.5 Å². The fraction of sp³-hybridized carbons (Fsp3) is 0.167. The lowest BCUT2D eigenvalue weighted by atomic mass is 9.99. The maximum absolute atomic E-state index is 12.9. The van der Waals surface area contributed by atoms with Crippen molar-refractivity contribution < 1.29 is 9.90 Å². The molecule has 0 saturated carbocycles. The first kappa shape index (κ1) is 20.1. The van der Waals surface area contributed by atoms with Crippen molar-refractivity contribution in [3.8, 4) is 17.2 Å². The summed E-state index contributed by atoms with van der Waals surface area (Å²) in [4.78, 5) is 28.6. The Kier molecular flexibility index (Phi) is 5.37. The molecule has 0 spiro atoms. The normalized spacial score (nSPS) is 10.8. The van der Waals surface area contributed by atoms with Crippen LogP contribution in [-0.4, -0.2) is 25.2 Å². The second-order valence-corrected chi connectivity index (χ2v) is 7.20. The van der Waals surface area contributed by atoms with Crippen molar-refractivity contribution in [2.45, 2.75) is 26.4 Å². The molecule has 2 heterocycles. The SMILES string of the molecule is CCc1nc2ccn(CC(=O)O)c(=O)c2n1Cc1ccc(-c2ccccc2C#N)cc1. The van der Waals surface area contributed by atoms with Crippen LogP contribution in [0.15, 0.2) is 65.6 Å². The van der Waals surface area contributed by atoms with Gasteiger partial charge < -0.3 is 14.2 Å². The van der Waals surface area contributed by atoms with E-state index in [1.807, 2.05) is 54.0 Å². The minimum atomic E-state index is -1.07. The lowest BCUT2D eigenvalue weighted by Gasteiger charge is -2.10. The van der Waals surface area contributed by atoms with Gasteiger partial charge in [-0.2, -0.15) is 5.26 Å². The zero-order valence-electron chi connectivity index (χ0n) is 16.9. The molecule has 0 amide bonds. The monoisotopic (exact) mass is 412 g/mol. The Morgan fingerprint density at radius 3 is 2.55 bits per heavy atom. The van der Waals surface area contributed by atoms with Crippen LogP contribution in [0, 0.1) is 11.3 Å². The molecule has 4 rings (SSSR count). The van der Waals surface area contributed by atoms with Gasteiger partial charge >= 0.3 is 5.97 Å². The molecule has 0 aliphatic heterocycles. The zero-order chi connectivity index (χ0) is 22.0. The number of rotatable bonds is 6. The Balaban J connectivity index is 1.73. The summed E-state index contributed by atoms with van der Waals surface area (Å²) in [5.41, 5.74) is 3.99. The van der Waals surface area contributed by atoms with E-state index < -0.39 is 12.5 Å². The number of imidazole rings is 1. The number of carbonyl (C=O) groups is 1. The van der Waals surface area contributed by atoms with E-state index in [1.165, 1.54) is 10.8 Å². The van der Waals surface area contributed by atoms with Crippen LogP contribution in [0.5, 0.6) is 0 Å². The predicted octanol–water partition coefficient (Wildman–Crippen LogP) is 3.43. The van der Waals surface area contributed by atoms with Gasteiger partial charge in [-0.3, -0.25) is 9.59 Å². The molecule has 0 atom stereocenters. The summed E-state index contributed by atoms with van der Waals surface area (Å²) in [6.45, 7) is 2.01. The molecule has 0 radical (unpaired) electrons. The number of carboxylic acids is 1. The quantitative estimate of drug-likeness (QED) is 0.523. The van der Waals surface area contributed by atoms with Crippen LogP contribution in [-0.2, 0) is 24.3 Å². The third kappa shape index (κ3) is 3.83. The van der Waals surface area contributed by atoms with Crippen LogP contribution >= 0.6 is 0 Å². The number of nitriles is 1. The smallest absolute Gasteiger partial charge is 0.323 e. The molecule has 0 aliphatic carbocycles. The third-order valence-corrected chi connectivity index (χ3v) is 5.22. The number of fused-ring (bicyclic) bond motifs is 1. The van der Waals surface area contributed by atoms with Gasteiger partial charge in [0.25, 0.3) is 5.56 Å². The van der Waals surface area contributed by atoms with Gasteiger partial charge in [-0.05, 0) is 28.8 Å². The number of hydrogen-bond acceptors (Lipinski definition) is 4.